The SMILES string of the molecule is C[C@](O)(c1ccc(C(=O)N(C2CC2)[C@H]2CC[C@@](C)(CC(N)=O)CC2)cc1)C(F)(F)F. The molecule has 0 unspecified atom stereocenters. The van der Waals surface area contributed by atoms with E-state index in [0.29, 0.717) is 18.9 Å². The van der Waals surface area contributed by atoms with Crippen molar-refractivity contribution in [2.24, 2.45) is 11.1 Å². The second-order valence-electron chi connectivity index (χ2n) is 9.28. The van der Waals surface area contributed by atoms with Crippen LogP contribution < -0.4 is 5.73 Å². The number of benzene rings is 1. The molecule has 30 heavy (non-hydrogen) atoms. The predicted molar refractivity (Wildman–Crippen MR) is 105 cm³/mol. The third-order valence-corrected chi connectivity index (χ3v) is 6.58. The minimum atomic E-state index is -4.81. The molecule has 1 aromatic carbocycles. The summed E-state index contributed by atoms with van der Waals surface area (Å²) in [5.41, 5.74) is 2.26. The number of primary amides is 1. The highest BCUT2D eigenvalue weighted by Gasteiger charge is 2.51. The van der Waals surface area contributed by atoms with Gasteiger partial charge in [-0.2, -0.15) is 13.2 Å². The first-order valence-electron chi connectivity index (χ1n) is 10.3. The lowest BCUT2D eigenvalue weighted by Gasteiger charge is -2.41. The highest BCUT2D eigenvalue weighted by Crippen LogP contribution is 2.43. The molecule has 1 atom stereocenters. The molecule has 2 aliphatic rings. The Kier molecular flexibility index (Phi) is 5.93. The zero-order valence-electron chi connectivity index (χ0n) is 17.3. The molecule has 1 aromatic rings. The van der Waals surface area contributed by atoms with E-state index in [2.05, 4.69) is 0 Å². The minimum absolute atomic E-state index is 0.0453. The third-order valence-electron chi connectivity index (χ3n) is 6.58. The lowest BCUT2D eigenvalue weighted by Crippen LogP contribution is -2.45. The van der Waals surface area contributed by atoms with Crippen LogP contribution in [-0.4, -0.2) is 40.1 Å². The number of carbonyl (C=O) groups is 2. The van der Waals surface area contributed by atoms with Gasteiger partial charge >= 0.3 is 6.18 Å². The Balaban J connectivity index is 1.74. The lowest BCUT2D eigenvalue weighted by molar-refractivity contribution is -0.258. The number of amides is 2. The van der Waals surface area contributed by atoms with E-state index in [0.717, 1.165) is 50.7 Å². The molecule has 2 saturated carbocycles. The molecule has 8 heteroatoms. The Hall–Kier alpha value is -2.09. The molecule has 3 N–H and O–H groups in total. The highest BCUT2D eigenvalue weighted by atomic mass is 19.4. The maximum absolute atomic E-state index is 13.2. The van der Waals surface area contributed by atoms with E-state index in [1.165, 1.54) is 12.1 Å². The van der Waals surface area contributed by atoms with Gasteiger partial charge in [-0.25, -0.2) is 0 Å². The van der Waals surface area contributed by atoms with E-state index >= 15 is 0 Å². The van der Waals surface area contributed by atoms with E-state index in [1.807, 2.05) is 11.8 Å². The van der Waals surface area contributed by atoms with Crippen molar-refractivity contribution in [3.8, 4) is 0 Å². The fourth-order valence-corrected chi connectivity index (χ4v) is 4.41. The minimum Gasteiger partial charge on any atom is -0.376 e. The van der Waals surface area contributed by atoms with Crippen LogP contribution in [0.5, 0.6) is 0 Å². The molecule has 0 bridgehead atoms. The van der Waals surface area contributed by atoms with Gasteiger partial charge in [0.25, 0.3) is 5.91 Å². The number of rotatable bonds is 6. The number of hydrogen-bond acceptors (Lipinski definition) is 3. The van der Waals surface area contributed by atoms with Crippen molar-refractivity contribution in [2.45, 2.75) is 82.7 Å². The number of aliphatic hydroxyl groups is 1. The summed E-state index contributed by atoms with van der Waals surface area (Å²) in [6.45, 7) is 2.74. The van der Waals surface area contributed by atoms with Gasteiger partial charge in [-0.15, -0.1) is 0 Å². The molecule has 3 rings (SSSR count). The van der Waals surface area contributed by atoms with Gasteiger partial charge in [-0.3, -0.25) is 9.59 Å². The molecule has 2 fully saturated rings. The van der Waals surface area contributed by atoms with Crippen LogP contribution in [0.4, 0.5) is 13.2 Å². The monoisotopic (exact) mass is 426 g/mol. The molecular weight excluding hydrogens is 397 g/mol. The van der Waals surface area contributed by atoms with Crippen molar-refractivity contribution in [3.63, 3.8) is 0 Å². The van der Waals surface area contributed by atoms with Crippen molar-refractivity contribution in [2.75, 3.05) is 0 Å². The van der Waals surface area contributed by atoms with Crippen LogP contribution in [0.1, 0.15) is 74.7 Å². The zero-order valence-corrected chi connectivity index (χ0v) is 17.3. The van der Waals surface area contributed by atoms with E-state index in [4.69, 9.17) is 5.73 Å². The molecule has 0 radical (unpaired) electrons. The molecule has 0 aliphatic heterocycles. The third kappa shape index (κ3) is 4.63. The number of carbonyl (C=O) groups excluding carboxylic acids is 2. The fraction of sp³-hybridized carbons (Fsp3) is 0.636. The van der Waals surface area contributed by atoms with Crippen molar-refractivity contribution in [1.29, 1.82) is 0 Å². The molecule has 2 amide bonds. The quantitative estimate of drug-likeness (QED) is 0.724. The first-order chi connectivity index (χ1) is 13.8. The molecule has 0 saturated heterocycles. The Bertz CT molecular complexity index is 793. The first-order valence-corrected chi connectivity index (χ1v) is 10.3. The van der Waals surface area contributed by atoms with E-state index < -0.39 is 11.8 Å². The summed E-state index contributed by atoms with van der Waals surface area (Å²) in [6, 6.07) is 5.23. The van der Waals surface area contributed by atoms with Gasteiger partial charge in [0.05, 0.1) is 0 Å². The second kappa shape index (κ2) is 7.87. The Morgan fingerprint density at radius 2 is 1.60 bits per heavy atom. The summed E-state index contributed by atoms with van der Waals surface area (Å²) in [6.07, 6.45) is 0.494. The molecule has 0 aromatic heterocycles. The smallest absolute Gasteiger partial charge is 0.376 e. The molecule has 5 nitrogen and oxygen atoms in total. The Morgan fingerprint density at radius 1 is 1.10 bits per heavy atom. The largest absolute Gasteiger partial charge is 0.421 e. The number of nitrogens with two attached hydrogens (primary N) is 1. The number of nitrogens with zero attached hydrogens (tertiary/aromatic N) is 1. The Labute approximate surface area is 174 Å². The van der Waals surface area contributed by atoms with Crippen LogP contribution in [0, 0.1) is 5.41 Å². The summed E-state index contributed by atoms with van der Waals surface area (Å²) < 4.78 is 39.2. The van der Waals surface area contributed by atoms with Gasteiger partial charge in [0.1, 0.15) is 0 Å². The predicted octanol–water partition coefficient (Wildman–Crippen LogP) is 3.89. The number of halogens is 3. The lowest BCUT2D eigenvalue weighted by atomic mass is 9.71. The summed E-state index contributed by atoms with van der Waals surface area (Å²) in [7, 11) is 0. The summed E-state index contributed by atoms with van der Waals surface area (Å²) in [4.78, 5) is 26.4. The molecule has 166 valence electrons. The highest BCUT2D eigenvalue weighted by molar-refractivity contribution is 5.95. The van der Waals surface area contributed by atoms with Crippen LogP contribution in [-0.2, 0) is 10.4 Å². The molecule has 2 aliphatic carbocycles. The average molecular weight is 426 g/mol. The van der Waals surface area contributed by atoms with Gasteiger partial charge < -0.3 is 15.7 Å². The zero-order chi connectivity index (χ0) is 22.3. The van der Waals surface area contributed by atoms with Crippen molar-refractivity contribution < 1.29 is 27.9 Å². The molecular formula is C22H29F3N2O3. The van der Waals surface area contributed by atoms with Gasteiger partial charge in [0.15, 0.2) is 5.60 Å². The second-order valence-corrected chi connectivity index (χ2v) is 9.28. The standard InChI is InChI=1S/C22H29F3N2O3/c1-20(13-18(26)28)11-9-17(10-12-20)27(16-7-8-16)19(29)14-3-5-15(6-4-14)21(2,30)22(23,24)25/h3-6,16-17,30H,7-13H2,1-2H3,(H2,26,28)/t17-,20+,21-/m0/s1. The van der Waals surface area contributed by atoms with Crippen LogP contribution in [0.25, 0.3) is 0 Å². The average Bonchev–Trinajstić information content (AvgIpc) is 3.47. The van der Waals surface area contributed by atoms with Crippen LogP contribution in [0.3, 0.4) is 0 Å². The topological polar surface area (TPSA) is 83.6 Å². The van der Waals surface area contributed by atoms with E-state index in [9.17, 15) is 27.9 Å². The summed E-state index contributed by atoms with van der Waals surface area (Å²) in [5, 5.41) is 9.82. The van der Waals surface area contributed by atoms with Crippen molar-refractivity contribution >= 4 is 11.8 Å². The number of hydrogen-bond donors (Lipinski definition) is 2. The van der Waals surface area contributed by atoms with Gasteiger partial charge in [0, 0.05) is 24.1 Å². The van der Waals surface area contributed by atoms with Crippen LogP contribution >= 0.6 is 0 Å². The van der Waals surface area contributed by atoms with Crippen LogP contribution in [0.15, 0.2) is 24.3 Å². The van der Waals surface area contributed by atoms with Crippen LogP contribution in [0.2, 0.25) is 0 Å². The van der Waals surface area contributed by atoms with E-state index in [1.54, 1.807) is 0 Å². The first kappa shape index (κ1) is 22.6. The maximum Gasteiger partial charge on any atom is 0.421 e. The van der Waals surface area contributed by atoms with Gasteiger partial charge in [0.2, 0.25) is 5.91 Å². The summed E-state index contributed by atoms with van der Waals surface area (Å²) in [5.74, 6) is -0.514. The summed E-state index contributed by atoms with van der Waals surface area (Å²) >= 11 is 0. The molecule has 0 spiro atoms. The fourth-order valence-electron chi connectivity index (χ4n) is 4.41. The van der Waals surface area contributed by atoms with Crippen molar-refractivity contribution in [3.05, 3.63) is 35.4 Å². The molecule has 0 heterocycles. The maximum atomic E-state index is 13.2. The van der Waals surface area contributed by atoms with Gasteiger partial charge in [-0.05, 0) is 68.6 Å². The number of alkyl halides is 3. The van der Waals surface area contributed by atoms with Gasteiger partial charge in [-0.1, -0.05) is 19.1 Å². The van der Waals surface area contributed by atoms with Crippen molar-refractivity contribution in [1.82, 2.24) is 4.90 Å². The Morgan fingerprint density at radius 3 is 2.03 bits per heavy atom. The van der Waals surface area contributed by atoms with E-state index in [-0.39, 0.29) is 34.9 Å². The normalized spacial score (nSPS) is 26.7.